The molecule has 0 bridgehead atoms. The van der Waals surface area contributed by atoms with Crippen LogP contribution in [0.2, 0.25) is 10.0 Å². The van der Waals surface area contributed by atoms with Crippen LogP contribution in [0.25, 0.3) is 6.08 Å². The molecule has 0 aliphatic heterocycles. The zero-order valence-electron chi connectivity index (χ0n) is 11.2. The number of hydrogen-bond acceptors (Lipinski definition) is 5. The van der Waals surface area contributed by atoms with Crippen LogP contribution in [-0.4, -0.2) is 10.8 Å². The molecule has 1 aromatic carbocycles. The number of rotatable bonds is 4. The highest BCUT2D eigenvalue weighted by Crippen LogP contribution is 2.30. The maximum absolute atomic E-state index is 12.1. The smallest absolute Gasteiger partial charge is 0.320 e. The minimum atomic E-state index is -0.689. The summed E-state index contributed by atoms with van der Waals surface area (Å²) in [6, 6.07) is 7.73. The van der Waals surface area contributed by atoms with Crippen molar-refractivity contribution in [2.24, 2.45) is 0 Å². The molecule has 1 aromatic heterocycles. The van der Waals surface area contributed by atoms with Crippen LogP contribution in [0.4, 0.5) is 10.7 Å². The lowest BCUT2D eigenvalue weighted by Gasteiger charge is -2.07. The molecule has 9 heteroatoms. The van der Waals surface area contributed by atoms with Crippen molar-refractivity contribution in [1.82, 2.24) is 0 Å². The Bertz CT molecular complexity index is 855. The second kappa shape index (κ2) is 7.24. The normalized spacial score (nSPS) is 10.9. The number of halogens is 2. The molecule has 2 rings (SSSR count). The first kappa shape index (κ1) is 17.0. The summed E-state index contributed by atoms with van der Waals surface area (Å²) in [4.78, 5) is 22.2. The number of carbonyl (C=O) groups excluding carboxylic acids is 1. The van der Waals surface area contributed by atoms with Crippen LogP contribution in [0.1, 0.15) is 5.56 Å². The first-order valence-corrected chi connectivity index (χ1v) is 7.66. The van der Waals surface area contributed by atoms with Gasteiger partial charge in [-0.05, 0) is 23.8 Å². The number of nitrogens with one attached hydrogen (secondary N) is 1. The fourth-order valence-electron chi connectivity index (χ4n) is 1.62. The van der Waals surface area contributed by atoms with Crippen molar-refractivity contribution in [1.29, 1.82) is 5.26 Å². The molecular formula is C14H7Cl2N3O3S. The summed E-state index contributed by atoms with van der Waals surface area (Å²) in [5, 5.41) is 24.0. The molecule has 1 amide bonds. The second-order valence-corrected chi connectivity index (χ2v) is 5.88. The Hall–Kier alpha value is -2.40. The van der Waals surface area contributed by atoms with Gasteiger partial charge in [0.25, 0.3) is 5.91 Å². The lowest BCUT2D eigenvalue weighted by Crippen LogP contribution is -2.13. The maximum Gasteiger partial charge on any atom is 0.324 e. The summed E-state index contributed by atoms with van der Waals surface area (Å²) in [5.74, 6) is -0.689. The van der Waals surface area contributed by atoms with Gasteiger partial charge >= 0.3 is 5.00 Å². The highest BCUT2D eigenvalue weighted by atomic mass is 35.5. The number of nitrogens with zero attached hydrogens (tertiary/aromatic N) is 2. The summed E-state index contributed by atoms with van der Waals surface area (Å²) in [6.45, 7) is 0. The number of amides is 1. The van der Waals surface area contributed by atoms with Gasteiger partial charge in [0, 0.05) is 11.4 Å². The SMILES string of the molecule is N#C/C(=C\c1csc([N+](=O)[O-])c1)C(=O)Nc1cccc(Cl)c1Cl. The zero-order chi connectivity index (χ0) is 17.0. The van der Waals surface area contributed by atoms with E-state index in [0.717, 1.165) is 11.3 Å². The van der Waals surface area contributed by atoms with Crippen molar-refractivity contribution in [2.45, 2.75) is 0 Å². The molecule has 0 unspecified atom stereocenters. The average Bonchev–Trinajstić information content (AvgIpc) is 2.98. The van der Waals surface area contributed by atoms with Crippen LogP contribution in [0.15, 0.2) is 35.2 Å². The standard InChI is InChI=1S/C14H7Cl2N3O3S/c15-10-2-1-3-11(13(10)16)18-14(20)9(6-17)4-8-5-12(19(21)22)23-7-8/h1-5,7H,(H,18,20)/b9-4+. The molecule has 0 saturated carbocycles. The summed E-state index contributed by atoms with van der Waals surface area (Å²) in [7, 11) is 0. The Labute approximate surface area is 144 Å². The molecule has 0 fully saturated rings. The minimum absolute atomic E-state index is 0.0770. The van der Waals surface area contributed by atoms with Crippen molar-refractivity contribution >= 4 is 57.2 Å². The van der Waals surface area contributed by atoms with E-state index < -0.39 is 10.8 Å². The van der Waals surface area contributed by atoms with E-state index in [-0.39, 0.29) is 26.3 Å². The van der Waals surface area contributed by atoms with Gasteiger partial charge in [0.15, 0.2) is 0 Å². The van der Waals surface area contributed by atoms with Gasteiger partial charge in [0.1, 0.15) is 11.6 Å². The van der Waals surface area contributed by atoms with E-state index >= 15 is 0 Å². The van der Waals surface area contributed by atoms with Crippen LogP contribution in [0.5, 0.6) is 0 Å². The van der Waals surface area contributed by atoms with Crippen LogP contribution in [-0.2, 0) is 4.79 Å². The molecular weight excluding hydrogens is 361 g/mol. The maximum atomic E-state index is 12.1. The predicted molar refractivity (Wildman–Crippen MR) is 89.7 cm³/mol. The first-order valence-electron chi connectivity index (χ1n) is 6.02. The number of anilines is 1. The van der Waals surface area contributed by atoms with Gasteiger partial charge in [-0.15, -0.1) is 0 Å². The number of thiophene rings is 1. The highest BCUT2D eigenvalue weighted by Gasteiger charge is 2.14. The molecule has 1 N–H and O–H groups in total. The van der Waals surface area contributed by atoms with Crippen molar-refractivity contribution in [3.63, 3.8) is 0 Å². The van der Waals surface area contributed by atoms with E-state index in [1.165, 1.54) is 23.6 Å². The van der Waals surface area contributed by atoms with Crippen molar-refractivity contribution in [3.05, 3.63) is 60.9 Å². The highest BCUT2D eigenvalue weighted by molar-refractivity contribution is 7.13. The van der Waals surface area contributed by atoms with Gasteiger partial charge < -0.3 is 5.32 Å². The lowest BCUT2D eigenvalue weighted by molar-refractivity contribution is -0.380. The number of carbonyl (C=O) groups is 1. The van der Waals surface area contributed by atoms with Gasteiger partial charge in [-0.1, -0.05) is 40.6 Å². The monoisotopic (exact) mass is 367 g/mol. The third kappa shape index (κ3) is 4.07. The predicted octanol–water partition coefficient (Wildman–Crippen LogP) is 4.51. The van der Waals surface area contributed by atoms with Crippen LogP contribution >= 0.6 is 34.5 Å². The van der Waals surface area contributed by atoms with Gasteiger partial charge in [-0.2, -0.15) is 5.26 Å². The molecule has 2 aromatic rings. The van der Waals surface area contributed by atoms with Gasteiger partial charge in [-0.25, -0.2) is 0 Å². The molecule has 0 radical (unpaired) electrons. The van der Waals surface area contributed by atoms with Crippen LogP contribution in [0.3, 0.4) is 0 Å². The Morgan fingerprint density at radius 1 is 1.43 bits per heavy atom. The van der Waals surface area contributed by atoms with E-state index in [1.54, 1.807) is 18.2 Å². The number of benzene rings is 1. The summed E-state index contributed by atoms with van der Waals surface area (Å²) >= 11 is 12.7. The summed E-state index contributed by atoms with van der Waals surface area (Å²) in [5.41, 5.74) is 0.445. The van der Waals surface area contributed by atoms with E-state index in [4.69, 9.17) is 28.5 Å². The molecule has 0 spiro atoms. The molecule has 0 aliphatic rings. The Kier molecular flexibility index (Phi) is 5.34. The number of nitriles is 1. The van der Waals surface area contributed by atoms with Crippen molar-refractivity contribution < 1.29 is 9.72 Å². The molecule has 0 aliphatic carbocycles. The Morgan fingerprint density at radius 3 is 2.78 bits per heavy atom. The first-order chi connectivity index (χ1) is 10.9. The molecule has 0 atom stereocenters. The van der Waals surface area contributed by atoms with E-state index in [1.807, 2.05) is 0 Å². The number of nitro groups is 1. The second-order valence-electron chi connectivity index (χ2n) is 4.20. The minimum Gasteiger partial charge on any atom is -0.320 e. The van der Waals surface area contributed by atoms with Crippen LogP contribution in [0, 0.1) is 21.4 Å². The third-order valence-electron chi connectivity index (χ3n) is 2.66. The Balaban J connectivity index is 2.24. The molecule has 23 heavy (non-hydrogen) atoms. The largest absolute Gasteiger partial charge is 0.324 e. The Morgan fingerprint density at radius 2 is 2.17 bits per heavy atom. The van der Waals surface area contributed by atoms with E-state index in [0.29, 0.717) is 5.56 Å². The summed E-state index contributed by atoms with van der Waals surface area (Å²) < 4.78 is 0. The molecule has 6 nitrogen and oxygen atoms in total. The summed E-state index contributed by atoms with van der Waals surface area (Å²) in [6.07, 6.45) is 1.26. The quantitative estimate of drug-likeness (QED) is 0.372. The third-order valence-corrected chi connectivity index (χ3v) is 4.38. The van der Waals surface area contributed by atoms with Gasteiger partial charge in [0.05, 0.1) is 20.7 Å². The number of hydrogen-bond donors (Lipinski definition) is 1. The fourth-order valence-corrected chi connectivity index (χ4v) is 2.65. The molecule has 116 valence electrons. The zero-order valence-corrected chi connectivity index (χ0v) is 13.6. The molecule has 1 heterocycles. The van der Waals surface area contributed by atoms with Gasteiger partial charge in [-0.3, -0.25) is 14.9 Å². The van der Waals surface area contributed by atoms with E-state index in [9.17, 15) is 14.9 Å². The van der Waals surface area contributed by atoms with Crippen molar-refractivity contribution in [3.8, 4) is 6.07 Å². The topological polar surface area (TPSA) is 96.0 Å². The van der Waals surface area contributed by atoms with Crippen LogP contribution < -0.4 is 5.32 Å². The van der Waals surface area contributed by atoms with Crippen molar-refractivity contribution in [2.75, 3.05) is 5.32 Å². The average molecular weight is 368 g/mol. The lowest BCUT2D eigenvalue weighted by atomic mass is 10.2. The fraction of sp³-hybridized carbons (Fsp3) is 0. The van der Waals surface area contributed by atoms with Gasteiger partial charge in [0.2, 0.25) is 0 Å². The molecule has 0 saturated heterocycles. The van der Waals surface area contributed by atoms with E-state index in [2.05, 4.69) is 5.32 Å².